The number of nitro groups is 1. The summed E-state index contributed by atoms with van der Waals surface area (Å²) in [5.41, 5.74) is 1.95. The second-order valence-corrected chi connectivity index (χ2v) is 7.76. The van der Waals surface area contributed by atoms with Crippen molar-refractivity contribution in [2.45, 2.75) is 6.42 Å². The summed E-state index contributed by atoms with van der Waals surface area (Å²) in [7, 11) is 0. The van der Waals surface area contributed by atoms with Crippen molar-refractivity contribution in [3.63, 3.8) is 0 Å². The SMILES string of the molecule is O=C(NC(=S)Nc1ccc([N+](=O)[O-])cc1)c1cc(Br)ccc1OCCc1ccccc1. The fraction of sp³-hybridized carbons (Fsp3) is 0.0909. The molecule has 2 N–H and O–H groups in total. The van der Waals surface area contributed by atoms with Crippen molar-refractivity contribution in [3.05, 3.63) is 98.5 Å². The zero-order valence-electron chi connectivity index (χ0n) is 16.2. The van der Waals surface area contributed by atoms with E-state index in [1.807, 2.05) is 30.3 Å². The first-order chi connectivity index (χ1) is 14.9. The third-order valence-electron chi connectivity index (χ3n) is 4.24. The van der Waals surface area contributed by atoms with Crippen LogP contribution >= 0.6 is 28.1 Å². The van der Waals surface area contributed by atoms with Gasteiger partial charge in [-0.05, 0) is 48.1 Å². The van der Waals surface area contributed by atoms with E-state index in [1.165, 1.54) is 24.3 Å². The number of carbonyl (C=O) groups is 1. The van der Waals surface area contributed by atoms with Crippen molar-refractivity contribution in [2.75, 3.05) is 11.9 Å². The topological polar surface area (TPSA) is 93.5 Å². The number of nitrogens with zero attached hydrogens (tertiary/aromatic N) is 1. The maximum absolute atomic E-state index is 12.8. The number of non-ortho nitro benzene ring substituents is 1. The third kappa shape index (κ3) is 6.59. The monoisotopic (exact) mass is 499 g/mol. The maximum Gasteiger partial charge on any atom is 0.269 e. The molecule has 1 amide bonds. The molecule has 0 saturated heterocycles. The Morgan fingerprint density at radius 1 is 1.06 bits per heavy atom. The molecule has 0 aliphatic rings. The van der Waals surface area contributed by atoms with Gasteiger partial charge in [0, 0.05) is 28.7 Å². The van der Waals surface area contributed by atoms with E-state index in [9.17, 15) is 14.9 Å². The van der Waals surface area contributed by atoms with Crippen molar-refractivity contribution in [1.29, 1.82) is 0 Å². The molecule has 0 radical (unpaired) electrons. The number of thiocarbonyl (C=S) groups is 1. The van der Waals surface area contributed by atoms with E-state index >= 15 is 0 Å². The molecule has 0 spiro atoms. The average Bonchev–Trinajstić information content (AvgIpc) is 2.75. The molecule has 0 bridgehead atoms. The minimum atomic E-state index is -0.490. The first-order valence-corrected chi connectivity index (χ1v) is 10.5. The van der Waals surface area contributed by atoms with E-state index in [-0.39, 0.29) is 10.8 Å². The van der Waals surface area contributed by atoms with Gasteiger partial charge in [-0.1, -0.05) is 46.3 Å². The van der Waals surface area contributed by atoms with Crippen molar-refractivity contribution in [2.24, 2.45) is 0 Å². The number of ether oxygens (including phenoxy) is 1. The molecule has 158 valence electrons. The Labute approximate surface area is 192 Å². The Hall–Kier alpha value is -3.30. The van der Waals surface area contributed by atoms with Crippen molar-refractivity contribution in [3.8, 4) is 5.75 Å². The Kier molecular flexibility index (Phi) is 7.69. The second kappa shape index (κ2) is 10.6. The third-order valence-corrected chi connectivity index (χ3v) is 4.94. The lowest BCUT2D eigenvalue weighted by molar-refractivity contribution is -0.384. The maximum atomic E-state index is 12.8. The van der Waals surface area contributed by atoms with Crippen LogP contribution in [-0.2, 0) is 6.42 Å². The zero-order chi connectivity index (χ0) is 22.2. The van der Waals surface area contributed by atoms with Gasteiger partial charge in [-0.15, -0.1) is 0 Å². The minimum Gasteiger partial charge on any atom is -0.492 e. The molecule has 3 aromatic rings. The van der Waals surface area contributed by atoms with Crippen LogP contribution in [0.3, 0.4) is 0 Å². The number of amides is 1. The molecule has 3 rings (SSSR count). The summed E-state index contributed by atoms with van der Waals surface area (Å²) < 4.78 is 6.57. The molecule has 0 aromatic heterocycles. The lowest BCUT2D eigenvalue weighted by Gasteiger charge is -2.13. The van der Waals surface area contributed by atoms with Gasteiger partial charge in [0.05, 0.1) is 17.1 Å². The lowest BCUT2D eigenvalue weighted by Crippen LogP contribution is -2.34. The van der Waals surface area contributed by atoms with Gasteiger partial charge in [0.2, 0.25) is 0 Å². The molecule has 7 nitrogen and oxygen atoms in total. The summed E-state index contributed by atoms with van der Waals surface area (Å²) in [6.45, 7) is 0.414. The van der Waals surface area contributed by atoms with E-state index in [4.69, 9.17) is 17.0 Å². The summed E-state index contributed by atoms with van der Waals surface area (Å²) in [4.78, 5) is 23.0. The van der Waals surface area contributed by atoms with Gasteiger partial charge >= 0.3 is 0 Å². The highest BCUT2D eigenvalue weighted by atomic mass is 79.9. The summed E-state index contributed by atoms with van der Waals surface area (Å²) in [5.74, 6) is 0.00481. The summed E-state index contributed by atoms with van der Waals surface area (Å²) in [5, 5.41) is 16.2. The highest BCUT2D eigenvalue weighted by Crippen LogP contribution is 2.24. The van der Waals surface area contributed by atoms with Gasteiger partial charge < -0.3 is 10.1 Å². The van der Waals surface area contributed by atoms with Crippen LogP contribution in [0.4, 0.5) is 11.4 Å². The quantitative estimate of drug-likeness (QED) is 0.266. The predicted octanol–water partition coefficient (Wildman–Crippen LogP) is 5.11. The van der Waals surface area contributed by atoms with Crippen LogP contribution in [0.25, 0.3) is 0 Å². The number of nitrogens with one attached hydrogen (secondary N) is 2. The second-order valence-electron chi connectivity index (χ2n) is 6.44. The molecule has 3 aromatic carbocycles. The lowest BCUT2D eigenvalue weighted by atomic mass is 10.1. The van der Waals surface area contributed by atoms with E-state index in [0.717, 1.165) is 10.0 Å². The normalized spacial score (nSPS) is 10.2. The van der Waals surface area contributed by atoms with Crippen LogP contribution in [-0.4, -0.2) is 22.5 Å². The smallest absolute Gasteiger partial charge is 0.269 e. The fourth-order valence-electron chi connectivity index (χ4n) is 2.73. The molecule has 0 atom stereocenters. The number of nitro benzene ring substituents is 1. The average molecular weight is 500 g/mol. The molecule has 0 fully saturated rings. The van der Waals surface area contributed by atoms with Gasteiger partial charge in [-0.2, -0.15) is 0 Å². The van der Waals surface area contributed by atoms with Gasteiger partial charge in [0.1, 0.15) is 5.75 Å². The number of hydrogen-bond donors (Lipinski definition) is 2. The van der Waals surface area contributed by atoms with Crippen LogP contribution in [0.2, 0.25) is 0 Å². The number of benzene rings is 3. The number of halogens is 1. The zero-order valence-corrected chi connectivity index (χ0v) is 18.6. The Balaban J connectivity index is 1.62. The molecule has 0 saturated carbocycles. The van der Waals surface area contributed by atoms with Gasteiger partial charge in [-0.3, -0.25) is 20.2 Å². The van der Waals surface area contributed by atoms with Crippen LogP contribution < -0.4 is 15.4 Å². The van der Waals surface area contributed by atoms with E-state index in [2.05, 4.69) is 26.6 Å². The first-order valence-electron chi connectivity index (χ1n) is 9.25. The van der Waals surface area contributed by atoms with Gasteiger partial charge in [-0.25, -0.2) is 0 Å². The first kappa shape index (κ1) is 22.4. The van der Waals surface area contributed by atoms with Crippen LogP contribution in [0.15, 0.2) is 77.3 Å². The van der Waals surface area contributed by atoms with Crippen molar-refractivity contribution in [1.82, 2.24) is 5.32 Å². The van der Waals surface area contributed by atoms with E-state index in [1.54, 1.807) is 18.2 Å². The van der Waals surface area contributed by atoms with Crippen molar-refractivity contribution < 1.29 is 14.5 Å². The molecule has 0 unspecified atom stereocenters. The number of rotatable bonds is 7. The van der Waals surface area contributed by atoms with E-state index in [0.29, 0.717) is 30.0 Å². The number of carbonyl (C=O) groups excluding carboxylic acids is 1. The molecule has 31 heavy (non-hydrogen) atoms. The Morgan fingerprint density at radius 3 is 2.45 bits per heavy atom. The Morgan fingerprint density at radius 2 is 1.77 bits per heavy atom. The summed E-state index contributed by atoms with van der Waals surface area (Å²) in [6, 6.07) is 20.8. The Bertz CT molecular complexity index is 1090. The highest BCUT2D eigenvalue weighted by Gasteiger charge is 2.15. The number of hydrogen-bond acceptors (Lipinski definition) is 5. The minimum absolute atomic E-state index is 0.0352. The highest BCUT2D eigenvalue weighted by molar-refractivity contribution is 9.10. The predicted molar refractivity (Wildman–Crippen MR) is 127 cm³/mol. The fourth-order valence-corrected chi connectivity index (χ4v) is 3.30. The van der Waals surface area contributed by atoms with Gasteiger partial charge in [0.15, 0.2) is 5.11 Å². The standard InChI is InChI=1S/C22H18BrN3O4S/c23-16-6-11-20(30-13-12-15-4-2-1-3-5-15)19(14-16)21(27)25-22(31)24-17-7-9-18(10-8-17)26(28)29/h1-11,14H,12-13H2,(H2,24,25,27,31). The van der Waals surface area contributed by atoms with Crippen molar-refractivity contribution >= 4 is 50.5 Å². The van der Waals surface area contributed by atoms with E-state index < -0.39 is 10.8 Å². The molecule has 0 heterocycles. The van der Waals surface area contributed by atoms with Gasteiger partial charge in [0.25, 0.3) is 11.6 Å². The summed E-state index contributed by atoms with van der Waals surface area (Å²) in [6.07, 6.45) is 0.706. The number of anilines is 1. The van der Waals surface area contributed by atoms with Crippen LogP contribution in [0, 0.1) is 10.1 Å². The molecular formula is C22H18BrN3O4S. The largest absolute Gasteiger partial charge is 0.492 e. The van der Waals surface area contributed by atoms with Crippen LogP contribution in [0.1, 0.15) is 15.9 Å². The molecule has 9 heteroatoms. The van der Waals surface area contributed by atoms with Crippen LogP contribution in [0.5, 0.6) is 5.75 Å². The molecule has 0 aliphatic carbocycles. The molecular weight excluding hydrogens is 482 g/mol. The summed E-state index contributed by atoms with van der Waals surface area (Å²) >= 11 is 8.56. The molecule has 0 aliphatic heterocycles.